The Morgan fingerprint density at radius 2 is 1.22 bits per heavy atom. The van der Waals surface area contributed by atoms with Crippen molar-refractivity contribution in [2.75, 3.05) is 39.3 Å². The molecule has 0 bridgehead atoms. The van der Waals surface area contributed by atoms with Crippen molar-refractivity contribution in [1.82, 2.24) is 10.6 Å². The summed E-state index contributed by atoms with van der Waals surface area (Å²) in [4.78, 5) is 0. The molecule has 0 saturated carbocycles. The van der Waals surface area contributed by atoms with Crippen molar-refractivity contribution in [2.24, 2.45) is 11.5 Å². The Hall–Kier alpha value is 0.0569. The van der Waals surface area contributed by atoms with Crippen molar-refractivity contribution >= 4 is 8.07 Å². The third kappa shape index (κ3) is 12.5. The maximum Gasteiger partial charge on any atom is 0.0486 e. The molecular formula is C13H34N4Si. The van der Waals surface area contributed by atoms with Crippen LogP contribution in [-0.4, -0.2) is 47.3 Å². The van der Waals surface area contributed by atoms with Gasteiger partial charge in [-0.3, -0.25) is 0 Å². The Balaban J connectivity index is 3.37. The van der Waals surface area contributed by atoms with E-state index in [1.165, 1.54) is 25.1 Å². The van der Waals surface area contributed by atoms with E-state index in [-0.39, 0.29) is 0 Å². The molecule has 0 spiro atoms. The first-order valence-corrected chi connectivity index (χ1v) is 10.9. The average molecular weight is 275 g/mol. The smallest absolute Gasteiger partial charge is 0.0486 e. The van der Waals surface area contributed by atoms with Gasteiger partial charge in [-0.05, 0) is 64.6 Å². The van der Waals surface area contributed by atoms with Gasteiger partial charge in [-0.2, -0.15) is 0 Å². The number of nitrogens with one attached hydrogen (secondary N) is 2. The first-order valence-electron chi connectivity index (χ1n) is 7.44. The van der Waals surface area contributed by atoms with Gasteiger partial charge in [-0.25, -0.2) is 0 Å². The molecule has 0 aliphatic heterocycles. The highest BCUT2D eigenvalue weighted by Gasteiger charge is 2.18. The number of nitrogens with two attached hydrogens (primary N) is 2. The van der Waals surface area contributed by atoms with Crippen LogP contribution in [0, 0.1) is 0 Å². The summed E-state index contributed by atoms with van der Waals surface area (Å²) in [6.07, 6.45) is 3.49. The lowest BCUT2D eigenvalue weighted by atomic mass is 10.4. The molecular weight excluding hydrogens is 240 g/mol. The molecule has 0 fully saturated rings. The summed E-state index contributed by atoms with van der Waals surface area (Å²) in [5.41, 5.74) is 10.9. The van der Waals surface area contributed by atoms with Crippen LogP contribution in [0.25, 0.3) is 0 Å². The molecule has 0 atom stereocenters. The minimum Gasteiger partial charge on any atom is -0.330 e. The molecule has 0 aliphatic carbocycles. The zero-order valence-corrected chi connectivity index (χ0v) is 13.4. The third-order valence-corrected chi connectivity index (χ3v) is 6.61. The predicted molar refractivity (Wildman–Crippen MR) is 84.8 cm³/mol. The first-order chi connectivity index (χ1) is 8.62. The largest absolute Gasteiger partial charge is 0.330 e. The summed E-state index contributed by atoms with van der Waals surface area (Å²) in [6.45, 7) is 11.0. The molecule has 0 amide bonds. The molecule has 0 saturated heterocycles. The first kappa shape index (κ1) is 18.1. The summed E-state index contributed by atoms with van der Waals surface area (Å²) >= 11 is 0. The van der Waals surface area contributed by atoms with Gasteiger partial charge in [-0.15, -0.1) is 0 Å². The Bertz CT molecular complexity index is 176. The van der Waals surface area contributed by atoms with Gasteiger partial charge < -0.3 is 22.1 Å². The average Bonchev–Trinajstić information content (AvgIpc) is 2.33. The van der Waals surface area contributed by atoms with Crippen LogP contribution in [0.3, 0.4) is 0 Å². The van der Waals surface area contributed by atoms with Gasteiger partial charge in [0, 0.05) is 8.07 Å². The zero-order valence-electron chi connectivity index (χ0n) is 12.4. The van der Waals surface area contributed by atoms with Crippen molar-refractivity contribution in [3.8, 4) is 0 Å². The summed E-state index contributed by atoms with van der Waals surface area (Å²) in [7, 11) is -0.990. The Morgan fingerprint density at radius 1 is 0.722 bits per heavy atom. The molecule has 0 aromatic heterocycles. The standard InChI is InChI=1S/C13H34N4Si/c1-18(2,13-11-17-9-4-7-15)12-5-10-16-8-3-6-14/h16-17H,3-15H2,1-2H3. The van der Waals surface area contributed by atoms with Gasteiger partial charge in [0.15, 0.2) is 0 Å². The van der Waals surface area contributed by atoms with E-state index in [2.05, 4.69) is 23.7 Å². The highest BCUT2D eigenvalue weighted by atomic mass is 28.3. The Morgan fingerprint density at radius 3 is 1.78 bits per heavy atom. The predicted octanol–water partition coefficient (Wildman–Crippen LogP) is 0.962. The second kappa shape index (κ2) is 12.1. The molecule has 0 radical (unpaired) electrons. The molecule has 0 unspecified atom stereocenters. The fourth-order valence-electron chi connectivity index (χ4n) is 1.95. The molecule has 0 heterocycles. The molecule has 0 aromatic rings. The van der Waals surface area contributed by atoms with Crippen LogP contribution in [0.1, 0.15) is 19.3 Å². The van der Waals surface area contributed by atoms with Gasteiger partial charge in [0.05, 0.1) is 0 Å². The normalized spacial score (nSPS) is 12.0. The number of hydrogen-bond donors (Lipinski definition) is 4. The van der Waals surface area contributed by atoms with Gasteiger partial charge in [0.25, 0.3) is 0 Å². The van der Waals surface area contributed by atoms with Crippen LogP contribution in [0.15, 0.2) is 0 Å². The fourth-order valence-corrected chi connectivity index (χ4v) is 4.19. The lowest BCUT2D eigenvalue weighted by molar-refractivity contribution is 0.640. The molecule has 5 heteroatoms. The highest BCUT2D eigenvalue weighted by Crippen LogP contribution is 2.16. The Kier molecular flexibility index (Phi) is 12.1. The van der Waals surface area contributed by atoms with E-state index in [1.807, 2.05) is 0 Å². The lowest BCUT2D eigenvalue weighted by Crippen LogP contribution is -2.32. The topological polar surface area (TPSA) is 76.1 Å². The third-order valence-electron chi connectivity index (χ3n) is 3.30. The molecule has 110 valence electrons. The van der Waals surface area contributed by atoms with Crippen LogP contribution in [-0.2, 0) is 0 Å². The van der Waals surface area contributed by atoms with Gasteiger partial charge in [-0.1, -0.05) is 19.1 Å². The highest BCUT2D eigenvalue weighted by molar-refractivity contribution is 6.77. The number of hydrogen-bond acceptors (Lipinski definition) is 4. The van der Waals surface area contributed by atoms with Crippen LogP contribution < -0.4 is 22.1 Å². The van der Waals surface area contributed by atoms with Crippen LogP contribution in [0.4, 0.5) is 0 Å². The quantitative estimate of drug-likeness (QED) is 0.298. The molecule has 0 rings (SSSR count). The molecule has 0 aliphatic rings. The number of rotatable bonds is 13. The molecule has 6 N–H and O–H groups in total. The van der Waals surface area contributed by atoms with Crippen molar-refractivity contribution in [3.63, 3.8) is 0 Å². The van der Waals surface area contributed by atoms with Crippen molar-refractivity contribution in [1.29, 1.82) is 0 Å². The maximum atomic E-state index is 5.47. The minimum absolute atomic E-state index is 0.793. The van der Waals surface area contributed by atoms with Gasteiger partial charge in [0.2, 0.25) is 0 Å². The SMILES string of the molecule is C[Si](C)(CCCNCCCN)CCNCCCN. The van der Waals surface area contributed by atoms with Crippen LogP contribution >= 0.6 is 0 Å². The second-order valence-electron chi connectivity index (χ2n) is 5.80. The summed E-state index contributed by atoms with van der Waals surface area (Å²) < 4.78 is 0. The van der Waals surface area contributed by atoms with E-state index in [9.17, 15) is 0 Å². The van der Waals surface area contributed by atoms with Crippen molar-refractivity contribution in [2.45, 2.75) is 44.4 Å². The molecule has 0 aromatic carbocycles. The lowest BCUT2D eigenvalue weighted by Gasteiger charge is -2.22. The molecule has 4 nitrogen and oxygen atoms in total. The van der Waals surface area contributed by atoms with Crippen LogP contribution in [0.5, 0.6) is 0 Å². The fraction of sp³-hybridized carbons (Fsp3) is 1.00. The van der Waals surface area contributed by atoms with E-state index in [0.29, 0.717) is 0 Å². The van der Waals surface area contributed by atoms with E-state index >= 15 is 0 Å². The molecule has 18 heavy (non-hydrogen) atoms. The van der Waals surface area contributed by atoms with E-state index < -0.39 is 8.07 Å². The van der Waals surface area contributed by atoms with E-state index in [1.54, 1.807) is 0 Å². The maximum absolute atomic E-state index is 5.47. The van der Waals surface area contributed by atoms with Crippen LogP contribution in [0.2, 0.25) is 25.2 Å². The van der Waals surface area contributed by atoms with E-state index in [4.69, 9.17) is 11.5 Å². The monoisotopic (exact) mass is 274 g/mol. The summed E-state index contributed by atoms with van der Waals surface area (Å²) in [6, 6.07) is 2.79. The van der Waals surface area contributed by atoms with Gasteiger partial charge >= 0.3 is 0 Å². The summed E-state index contributed by atoms with van der Waals surface area (Å²) in [5, 5.41) is 6.94. The van der Waals surface area contributed by atoms with Gasteiger partial charge in [0.1, 0.15) is 0 Å². The van der Waals surface area contributed by atoms with Crippen molar-refractivity contribution in [3.05, 3.63) is 0 Å². The zero-order chi connectivity index (χ0) is 13.7. The second-order valence-corrected chi connectivity index (χ2v) is 11.1. The summed E-state index contributed by atoms with van der Waals surface area (Å²) in [5.74, 6) is 0. The Labute approximate surface area is 114 Å². The van der Waals surface area contributed by atoms with Crippen molar-refractivity contribution < 1.29 is 0 Å². The minimum atomic E-state index is -0.990. The van der Waals surface area contributed by atoms with E-state index in [0.717, 1.165) is 45.6 Å².